The molecular formula is C14H13BrClN3O3. The zero-order valence-corrected chi connectivity index (χ0v) is 13.9. The number of halogens is 2. The summed E-state index contributed by atoms with van der Waals surface area (Å²) in [5.41, 5.74) is -0.950. The summed E-state index contributed by atoms with van der Waals surface area (Å²) in [7, 11) is 0. The largest absolute Gasteiger partial charge is 0.384 e. The molecule has 1 atom stereocenters. The minimum atomic E-state index is -1.30. The van der Waals surface area contributed by atoms with Crippen LogP contribution in [0.1, 0.15) is 12.5 Å². The van der Waals surface area contributed by atoms with Gasteiger partial charge in [-0.3, -0.25) is 10.1 Å². The molecule has 1 unspecified atom stereocenters. The molecule has 2 N–H and O–H groups in total. The van der Waals surface area contributed by atoms with Crippen molar-refractivity contribution in [1.29, 1.82) is 0 Å². The summed E-state index contributed by atoms with van der Waals surface area (Å²) in [5.74, 6) is 0.0838. The molecule has 1 aromatic heterocycles. The van der Waals surface area contributed by atoms with Crippen LogP contribution in [0.5, 0.6) is 0 Å². The van der Waals surface area contributed by atoms with Gasteiger partial charge in [0.05, 0.1) is 4.92 Å². The van der Waals surface area contributed by atoms with E-state index in [9.17, 15) is 15.2 Å². The van der Waals surface area contributed by atoms with Gasteiger partial charge in [-0.25, -0.2) is 4.98 Å². The summed E-state index contributed by atoms with van der Waals surface area (Å²) in [4.78, 5) is 14.5. The fourth-order valence-electron chi connectivity index (χ4n) is 1.95. The molecule has 1 aromatic carbocycles. The average Bonchev–Trinajstić information content (AvgIpc) is 2.46. The predicted molar refractivity (Wildman–Crippen MR) is 88.1 cm³/mol. The Balaban J connectivity index is 2.23. The molecule has 0 fully saturated rings. The van der Waals surface area contributed by atoms with Crippen LogP contribution >= 0.6 is 27.5 Å². The van der Waals surface area contributed by atoms with E-state index in [1.807, 2.05) is 0 Å². The van der Waals surface area contributed by atoms with Crippen LogP contribution in [0.4, 0.5) is 11.5 Å². The van der Waals surface area contributed by atoms with E-state index < -0.39 is 10.5 Å². The number of rotatable bonds is 5. The van der Waals surface area contributed by atoms with Crippen molar-refractivity contribution in [3.63, 3.8) is 0 Å². The monoisotopic (exact) mass is 385 g/mol. The molecule has 0 saturated carbocycles. The molecule has 1 heterocycles. The van der Waals surface area contributed by atoms with E-state index in [1.165, 1.54) is 12.3 Å². The lowest BCUT2D eigenvalue weighted by molar-refractivity contribution is -0.384. The quantitative estimate of drug-likeness (QED) is 0.604. The number of hydrogen-bond acceptors (Lipinski definition) is 5. The van der Waals surface area contributed by atoms with Crippen molar-refractivity contribution in [2.75, 3.05) is 11.9 Å². The Morgan fingerprint density at radius 1 is 1.50 bits per heavy atom. The first-order chi connectivity index (χ1) is 10.3. The van der Waals surface area contributed by atoms with Crippen LogP contribution in [0.15, 0.2) is 41.0 Å². The van der Waals surface area contributed by atoms with Gasteiger partial charge in [-0.15, -0.1) is 0 Å². The third-order valence-electron chi connectivity index (χ3n) is 3.09. The van der Waals surface area contributed by atoms with Gasteiger partial charge in [0.15, 0.2) is 0 Å². The van der Waals surface area contributed by atoms with Gasteiger partial charge in [-0.05, 0) is 28.9 Å². The highest BCUT2D eigenvalue weighted by atomic mass is 79.9. The molecule has 0 bridgehead atoms. The minimum absolute atomic E-state index is 0.0200. The molecular weight excluding hydrogens is 374 g/mol. The van der Waals surface area contributed by atoms with Gasteiger partial charge in [0.25, 0.3) is 0 Å². The number of nitrogens with one attached hydrogen (secondary N) is 1. The molecule has 2 rings (SSSR count). The molecule has 0 radical (unpaired) electrons. The van der Waals surface area contributed by atoms with Crippen molar-refractivity contribution in [1.82, 2.24) is 4.98 Å². The molecule has 116 valence electrons. The average molecular weight is 387 g/mol. The maximum Gasteiger partial charge on any atom is 0.312 e. The topological polar surface area (TPSA) is 88.3 Å². The maximum absolute atomic E-state index is 11.0. The molecule has 0 aliphatic heterocycles. The van der Waals surface area contributed by atoms with E-state index >= 15 is 0 Å². The lowest BCUT2D eigenvalue weighted by Crippen LogP contribution is -2.31. The Labute approximate surface area is 140 Å². The molecule has 0 aliphatic rings. The number of anilines is 1. The van der Waals surface area contributed by atoms with Crippen molar-refractivity contribution in [2.24, 2.45) is 0 Å². The van der Waals surface area contributed by atoms with Crippen molar-refractivity contribution < 1.29 is 10.0 Å². The summed E-state index contributed by atoms with van der Waals surface area (Å²) >= 11 is 9.22. The molecule has 0 spiro atoms. The molecule has 0 aliphatic carbocycles. The second kappa shape index (κ2) is 6.60. The van der Waals surface area contributed by atoms with E-state index in [0.717, 1.165) is 0 Å². The van der Waals surface area contributed by atoms with Gasteiger partial charge >= 0.3 is 5.69 Å². The van der Waals surface area contributed by atoms with Crippen LogP contribution in [0, 0.1) is 10.1 Å². The third kappa shape index (κ3) is 3.73. The van der Waals surface area contributed by atoms with E-state index in [1.54, 1.807) is 31.2 Å². The number of nitrogens with zero attached hydrogens (tertiary/aromatic N) is 2. The summed E-state index contributed by atoms with van der Waals surface area (Å²) in [6.07, 6.45) is 1.44. The Morgan fingerprint density at radius 3 is 2.82 bits per heavy atom. The van der Waals surface area contributed by atoms with Crippen molar-refractivity contribution in [2.45, 2.75) is 12.5 Å². The lowest BCUT2D eigenvalue weighted by Gasteiger charge is -2.25. The number of nitro groups is 1. The first-order valence-corrected chi connectivity index (χ1v) is 7.49. The van der Waals surface area contributed by atoms with E-state index in [0.29, 0.717) is 15.1 Å². The smallest absolute Gasteiger partial charge is 0.312 e. The van der Waals surface area contributed by atoms with Gasteiger partial charge in [0, 0.05) is 33.9 Å². The molecule has 8 heteroatoms. The van der Waals surface area contributed by atoms with Crippen LogP contribution in [0.25, 0.3) is 0 Å². The molecule has 0 amide bonds. The van der Waals surface area contributed by atoms with Crippen LogP contribution in [-0.4, -0.2) is 21.6 Å². The highest BCUT2D eigenvalue weighted by molar-refractivity contribution is 9.10. The first kappa shape index (κ1) is 16.7. The van der Waals surface area contributed by atoms with Gasteiger partial charge in [0.1, 0.15) is 5.60 Å². The third-order valence-corrected chi connectivity index (χ3v) is 3.85. The van der Waals surface area contributed by atoms with Gasteiger partial charge in [-0.1, -0.05) is 29.8 Å². The fraction of sp³-hybridized carbons (Fsp3) is 0.214. The Kier molecular flexibility index (Phi) is 5.00. The Morgan fingerprint density at radius 2 is 2.18 bits per heavy atom. The normalized spacial score (nSPS) is 13.5. The fourth-order valence-corrected chi connectivity index (χ4v) is 2.61. The summed E-state index contributed by atoms with van der Waals surface area (Å²) < 4.78 is 0.502. The summed E-state index contributed by atoms with van der Waals surface area (Å²) in [6.45, 7) is 1.60. The SMILES string of the molecule is CC(O)(CNc1ncc(Br)cc1[N+](=O)[O-])c1ccccc1Cl. The second-order valence-corrected chi connectivity index (χ2v) is 6.21. The number of benzene rings is 1. The van der Waals surface area contributed by atoms with Crippen LogP contribution in [-0.2, 0) is 5.60 Å². The zero-order valence-electron chi connectivity index (χ0n) is 11.6. The summed E-state index contributed by atoms with van der Waals surface area (Å²) in [6, 6.07) is 8.24. The van der Waals surface area contributed by atoms with Crippen LogP contribution in [0.3, 0.4) is 0 Å². The van der Waals surface area contributed by atoms with Crippen LogP contribution in [0.2, 0.25) is 5.02 Å². The van der Waals surface area contributed by atoms with Crippen molar-refractivity contribution >= 4 is 39.0 Å². The molecule has 6 nitrogen and oxygen atoms in total. The molecule has 2 aromatic rings. The van der Waals surface area contributed by atoms with Gasteiger partial charge < -0.3 is 10.4 Å². The minimum Gasteiger partial charge on any atom is -0.384 e. The highest BCUT2D eigenvalue weighted by Gasteiger charge is 2.27. The second-order valence-electron chi connectivity index (χ2n) is 4.89. The van der Waals surface area contributed by atoms with Crippen molar-refractivity contribution in [3.8, 4) is 0 Å². The lowest BCUT2D eigenvalue weighted by atomic mass is 9.96. The number of hydrogen-bond donors (Lipinski definition) is 2. The highest BCUT2D eigenvalue weighted by Crippen LogP contribution is 2.30. The molecule has 0 saturated heterocycles. The Hall–Kier alpha value is -1.70. The molecule has 22 heavy (non-hydrogen) atoms. The van der Waals surface area contributed by atoms with Crippen molar-refractivity contribution in [3.05, 3.63) is 61.7 Å². The number of aliphatic hydroxyl groups is 1. The van der Waals surface area contributed by atoms with E-state index in [4.69, 9.17) is 11.6 Å². The van der Waals surface area contributed by atoms with Gasteiger partial charge in [-0.2, -0.15) is 0 Å². The summed E-state index contributed by atoms with van der Waals surface area (Å²) in [5, 5.41) is 24.8. The predicted octanol–water partition coefficient (Wildman–Crippen LogP) is 3.73. The number of aromatic nitrogens is 1. The van der Waals surface area contributed by atoms with Gasteiger partial charge in [0.2, 0.25) is 5.82 Å². The Bertz CT molecular complexity index is 709. The standard InChI is InChI=1S/C14H13BrClN3O3/c1-14(20,10-4-2-3-5-11(10)16)8-18-13-12(19(21)22)6-9(15)7-17-13/h2-7,20H,8H2,1H3,(H,17,18). The maximum atomic E-state index is 11.0. The van der Waals surface area contributed by atoms with E-state index in [-0.39, 0.29) is 18.1 Å². The van der Waals surface area contributed by atoms with Crippen LogP contribution < -0.4 is 5.32 Å². The number of pyridine rings is 1. The first-order valence-electron chi connectivity index (χ1n) is 6.32. The zero-order chi connectivity index (χ0) is 16.3. The van der Waals surface area contributed by atoms with E-state index in [2.05, 4.69) is 26.2 Å².